The summed E-state index contributed by atoms with van der Waals surface area (Å²) >= 11 is 0. The highest BCUT2D eigenvalue weighted by Gasteiger charge is 2.30. The Bertz CT molecular complexity index is 1130. The van der Waals surface area contributed by atoms with Gasteiger partial charge in [-0.05, 0) is 36.6 Å². The molecule has 0 aliphatic rings. The van der Waals surface area contributed by atoms with Gasteiger partial charge in [0.2, 0.25) is 0 Å². The molecule has 8 nitrogen and oxygen atoms in total. The molecule has 0 aliphatic carbocycles. The van der Waals surface area contributed by atoms with E-state index in [1.807, 2.05) is 66.7 Å². The first-order valence-corrected chi connectivity index (χ1v) is 11.7. The van der Waals surface area contributed by atoms with Crippen LogP contribution in [0.1, 0.15) is 18.1 Å². The Morgan fingerprint density at radius 1 is 0.861 bits per heavy atom. The number of ether oxygens (including phenoxy) is 1. The maximum absolute atomic E-state index is 13.4. The first kappa shape index (κ1) is 26.4. The minimum Gasteiger partial charge on any atom is -0.480 e. The maximum Gasteiger partial charge on any atom is 0.325 e. The molecule has 0 saturated heterocycles. The lowest BCUT2D eigenvalue weighted by Gasteiger charge is -2.35. The molecule has 0 spiro atoms. The second-order valence-corrected chi connectivity index (χ2v) is 8.37. The van der Waals surface area contributed by atoms with E-state index in [0.29, 0.717) is 12.1 Å². The molecule has 36 heavy (non-hydrogen) atoms. The molecule has 1 amide bonds. The van der Waals surface area contributed by atoms with E-state index in [9.17, 15) is 19.5 Å². The zero-order valence-electron chi connectivity index (χ0n) is 20.4. The van der Waals surface area contributed by atoms with Gasteiger partial charge in [0.05, 0.1) is 11.7 Å². The number of benzene rings is 3. The highest BCUT2D eigenvalue weighted by molar-refractivity contribution is 5.87. The third kappa shape index (κ3) is 7.68. The average molecular weight is 490 g/mol. The summed E-state index contributed by atoms with van der Waals surface area (Å²) in [6, 6.07) is 26.1. The van der Waals surface area contributed by atoms with Crippen molar-refractivity contribution in [3.63, 3.8) is 0 Å². The van der Waals surface area contributed by atoms with Gasteiger partial charge < -0.3 is 9.84 Å². The molecule has 2 N–H and O–H groups in total. The van der Waals surface area contributed by atoms with Crippen molar-refractivity contribution in [2.24, 2.45) is 0 Å². The van der Waals surface area contributed by atoms with Gasteiger partial charge in [-0.3, -0.25) is 24.7 Å². The third-order valence-corrected chi connectivity index (χ3v) is 5.64. The molecule has 3 rings (SSSR count). The average Bonchev–Trinajstić information content (AvgIpc) is 2.90. The second kappa shape index (κ2) is 13.1. The maximum atomic E-state index is 13.4. The van der Waals surface area contributed by atoms with E-state index in [0.717, 1.165) is 16.1 Å². The number of rotatable bonds is 12. The molecule has 8 heteroatoms. The smallest absolute Gasteiger partial charge is 0.325 e. The first-order chi connectivity index (χ1) is 17.3. The van der Waals surface area contributed by atoms with E-state index in [2.05, 4.69) is 5.32 Å². The number of carbonyl (C=O) groups is 3. The Balaban J connectivity index is 1.76. The first-order valence-electron chi connectivity index (χ1n) is 11.7. The van der Waals surface area contributed by atoms with Crippen LogP contribution in [0.15, 0.2) is 91.0 Å². The van der Waals surface area contributed by atoms with Gasteiger partial charge in [0.25, 0.3) is 5.91 Å². The fourth-order valence-electron chi connectivity index (χ4n) is 3.73. The van der Waals surface area contributed by atoms with E-state index in [1.54, 1.807) is 38.2 Å². The number of para-hydroxylation sites is 1. The number of amides is 1. The van der Waals surface area contributed by atoms with Crippen molar-refractivity contribution in [1.29, 1.82) is 0 Å². The molecule has 2 atom stereocenters. The number of nitrogens with zero attached hydrogens (tertiary/aromatic N) is 2. The summed E-state index contributed by atoms with van der Waals surface area (Å²) < 4.78 is 5.55. The number of aliphatic carboxylic acids is 1. The van der Waals surface area contributed by atoms with Crippen molar-refractivity contribution in [2.75, 3.05) is 18.6 Å². The Kier molecular flexibility index (Phi) is 9.59. The van der Waals surface area contributed by atoms with Crippen LogP contribution < -0.4 is 10.3 Å². The van der Waals surface area contributed by atoms with Crippen LogP contribution in [0.3, 0.4) is 0 Å². The van der Waals surface area contributed by atoms with Gasteiger partial charge in [-0.2, -0.15) is 0 Å². The number of carbonyl (C=O) groups excluding carboxylic acids is 2. The number of hydrogen-bond donors (Lipinski definition) is 2. The number of anilines is 1. The highest BCUT2D eigenvalue weighted by Crippen LogP contribution is 2.15. The molecule has 0 bridgehead atoms. The fraction of sp³-hybridized carbons (Fsp3) is 0.250. The number of carboxylic acids is 1. The minimum atomic E-state index is -1.15. The molecule has 0 aromatic heterocycles. The topological polar surface area (TPSA) is 99.2 Å². The standard InChI is InChI=1S/C28H31N3O5/c1-21(27(34)31(19-26(32)33)30(2)24-16-10-5-11-17-24)29-25(18-22-12-6-3-7-13-22)28(35)36-20-23-14-8-4-9-15-23/h3-17,21,25,29H,18-20H2,1-2H3,(H,32,33)/t21-,25?/m0/s1. The van der Waals surface area contributed by atoms with Crippen LogP contribution in [0.2, 0.25) is 0 Å². The van der Waals surface area contributed by atoms with Crippen molar-refractivity contribution >= 4 is 23.5 Å². The van der Waals surface area contributed by atoms with Gasteiger partial charge in [-0.15, -0.1) is 0 Å². The van der Waals surface area contributed by atoms with Crippen molar-refractivity contribution in [3.05, 3.63) is 102 Å². The Morgan fingerprint density at radius 2 is 1.39 bits per heavy atom. The van der Waals surface area contributed by atoms with Gasteiger partial charge >= 0.3 is 11.9 Å². The van der Waals surface area contributed by atoms with E-state index >= 15 is 0 Å². The highest BCUT2D eigenvalue weighted by atomic mass is 16.5. The minimum absolute atomic E-state index is 0.108. The Labute approximate surface area is 211 Å². The largest absolute Gasteiger partial charge is 0.480 e. The summed E-state index contributed by atoms with van der Waals surface area (Å²) in [7, 11) is 1.62. The van der Waals surface area contributed by atoms with Gasteiger partial charge in [0, 0.05) is 7.05 Å². The van der Waals surface area contributed by atoms with E-state index in [-0.39, 0.29) is 6.61 Å². The Morgan fingerprint density at radius 3 is 1.94 bits per heavy atom. The summed E-state index contributed by atoms with van der Waals surface area (Å²) in [5, 5.41) is 15.2. The molecular weight excluding hydrogens is 458 g/mol. The lowest BCUT2D eigenvalue weighted by Crippen LogP contribution is -2.56. The summed E-state index contributed by atoms with van der Waals surface area (Å²) in [6.45, 7) is 1.19. The fourth-order valence-corrected chi connectivity index (χ4v) is 3.73. The molecule has 1 unspecified atom stereocenters. The molecule has 0 fully saturated rings. The molecule has 188 valence electrons. The number of carboxylic acid groups (broad SMARTS) is 1. The molecular formula is C28H31N3O5. The summed E-state index contributed by atoms with van der Waals surface area (Å²) in [6.07, 6.45) is 0.305. The van der Waals surface area contributed by atoms with Crippen LogP contribution in [-0.2, 0) is 32.1 Å². The zero-order chi connectivity index (χ0) is 25.9. The normalized spacial score (nSPS) is 12.3. The summed E-state index contributed by atoms with van der Waals surface area (Å²) in [4.78, 5) is 38.0. The van der Waals surface area contributed by atoms with Crippen molar-refractivity contribution < 1.29 is 24.2 Å². The molecule has 3 aromatic rings. The number of hydrazine groups is 1. The molecule has 3 aromatic carbocycles. The third-order valence-electron chi connectivity index (χ3n) is 5.64. The zero-order valence-corrected chi connectivity index (χ0v) is 20.4. The van der Waals surface area contributed by atoms with E-state index in [4.69, 9.17) is 4.74 Å². The van der Waals surface area contributed by atoms with Gasteiger partial charge in [0.1, 0.15) is 19.2 Å². The summed E-state index contributed by atoms with van der Waals surface area (Å²) in [5.74, 6) is -2.14. The SMILES string of the molecule is C[C@H](NC(Cc1ccccc1)C(=O)OCc1ccccc1)C(=O)N(CC(=O)O)N(C)c1ccccc1. The molecule has 0 heterocycles. The molecule has 0 aliphatic heterocycles. The van der Waals surface area contributed by atoms with Crippen LogP contribution in [0, 0.1) is 0 Å². The van der Waals surface area contributed by atoms with Crippen LogP contribution >= 0.6 is 0 Å². The quantitative estimate of drug-likeness (QED) is 0.298. The van der Waals surface area contributed by atoms with E-state index < -0.39 is 36.5 Å². The lowest BCUT2D eigenvalue weighted by molar-refractivity contribution is -0.149. The van der Waals surface area contributed by atoms with Crippen LogP contribution in [0.5, 0.6) is 0 Å². The van der Waals surface area contributed by atoms with Crippen LogP contribution in [0.25, 0.3) is 0 Å². The second-order valence-electron chi connectivity index (χ2n) is 8.37. The van der Waals surface area contributed by atoms with Crippen molar-refractivity contribution in [2.45, 2.75) is 32.0 Å². The molecule has 0 radical (unpaired) electrons. The lowest BCUT2D eigenvalue weighted by atomic mass is 10.0. The number of hydrogen-bond acceptors (Lipinski definition) is 6. The number of esters is 1. The number of nitrogens with one attached hydrogen (secondary N) is 1. The van der Waals surface area contributed by atoms with Crippen molar-refractivity contribution in [1.82, 2.24) is 10.3 Å². The van der Waals surface area contributed by atoms with E-state index in [1.165, 1.54) is 5.01 Å². The van der Waals surface area contributed by atoms with Gasteiger partial charge in [-0.25, -0.2) is 5.01 Å². The van der Waals surface area contributed by atoms with Crippen molar-refractivity contribution in [3.8, 4) is 0 Å². The molecule has 0 saturated carbocycles. The predicted octanol–water partition coefficient (Wildman–Crippen LogP) is 3.28. The predicted molar refractivity (Wildman–Crippen MR) is 137 cm³/mol. The Hall–Kier alpha value is -4.17. The monoisotopic (exact) mass is 489 g/mol. The van der Waals surface area contributed by atoms with Crippen LogP contribution in [0.4, 0.5) is 5.69 Å². The van der Waals surface area contributed by atoms with Crippen LogP contribution in [-0.4, -0.2) is 53.6 Å². The van der Waals surface area contributed by atoms with Gasteiger partial charge in [-0.1, -0.05) is 78.9 Å². The summed E-state index contributed by atoms with van der Waals surface area (Å²) in [5.41, 5.74) is 2.41. The van der Waals surface area contributed by atoms with Gasteiger partial charge in [0.15, 0.2) is 0 Å².